The highest BCUT2D eigenvalue weighted by Gasteiger charge is 2.43. The third-order valence-electron chi connectivity index (χ3n) is 9.14. The van der Waals surface area contributed by atoms with Crippen molar-refractivity contribution in [3.8, 4) is 0 Å². The molecule has 0 amide bonds. The Morgan fingerprint density at radius 2 is 0.737 bits per heavy atom. The molecule has 0 radical (unpaired) electrons. The van der Waals surface area contributed by atoms with Gasteiger partial charge in [-0.1, -0.05) is 160 Å². The second kappa shape index (κ2) is 17.3. The lowest BCUT2D eigenvalue weighted by molar-refractivity contribution is 0.525. The van der Waals surface area contributed by atoms with Gasteiger partial charge in [-0.3, -0.25) is 0 Å². The quantitative estimate of drug-likeness (QED) is 0.141. The van der Waals surface area contributed by atoms with Crippen molar-refractivity contribution >= 4 is 31.9 Å². The molecule has 2 saturated carbocycles. The van der Waals surface area contributed by atoms with Crippen LogP contribution in [-0.4, -0.2) is 0 Å². The van der Waals surface area contributed by atoms with Crippen LogP contribution in [0.15, 0.2) is 57.5 Å². The maximum Gasteiger partial charge on any atom is 0.0175 e. The minimum atomic E-state index is 0.560. The van der Waals surface area contributed by atoms with E-state index in [0.717, 1.165) is 0 Å². The summed E-state index contributed by atoms with van der Waals surface area (Å²) in [4.78, 5) is 0. The molecule has 0 aliphatic heterocycles. The molecular weight excluding hydrogens is 592 g/mol. The van der Waals surface area contributed by atoms with Crippen molar-refractivity contribution in [3.05, 3.63) is 68.6 Å². The molecule has 0 spiro atoms. The van der Waals surface area contributed by atoms with Gasteiger partial charge < -0.3 is 0 Å². The third kappa shape index (κ3) is 11.1. The van der Waals surface area contributed by atoms with Crippen LogP contribution in [0, 0.1) is 0 Å². The van der Waals surface area contributed by atoms with E-state index in [1.807, 2.05) is 0 Å². The van der Waals surface area contributed by atoms with Gasteiger partial charge in [-0.2, -0.15) is 0 Å². The first-order valence-electron chi connectivity index (χ1n) is 16.1. The van der Waals surface area contributed by atoms with Crippen LogP contribution in [0.4, 0.5) is 0 Å². The Balaban J connectivity index is 0.000000211. The van der Waals surface area contributed by atoms with Crippen LogP contribution in [0.5, 0.6) is 0 Å². The van der Waals surface area contributed by atoms with Crippen molar-refractivity contribution in [1.82, 2.24) is 0 Å². The maximum atomic E-state index is 3.53. The van der Waals surface area contributed by atoms with Crippen LogP contribution in [0.3, 0.4) is 0 Å². The van der Waals surface area contributed by atoms with Gasteiger partial charge in [-0.15, -0.1) is 0 Å². The van der Waals surface area contributed by atoms with Crippen molar-refractivity contribution in [1.29, 1.82) is 0 Å². The minimum absolute atomic E-state index is 0.560. The van der Waals surface area contributed by atoms with Crippen molar-refractivity contribution in [3.63, 3.8) is 0 Å². The summed E-state index contributed by atoms with van der Waals surface area (Å²) in [6.45, 7) is 4.57. The standard InChI is InChI=1S/2C18H27Br/c2*1-2-3-4-5-6-7-8-13-18(14-15-18)16-9-11-17(19)12-10-16/h2*9-12H,2-8,13-15H2,1H3. The van der Waals surface area contributed by atoms with Crippen molar-refractivity contribution < 1.29 is 0 Å². The molecule has 0 heterocycles. The summed E-state index contributed by atoms with van der Waals surface area (Å²) in [5, 5.41) is 0. The van der Waals surface area contributed by atoms with Crippen molar-refractivity contribution in [2.75, 3.05) is 0 Å². The van der Waals surface area contributed by atoms with Gasteiger partial charge in [0.25, 0.3) is 0 Å². The molecule has 0 atom stereocenters. The lowest BCUT2D eigenvalue weighted by Gasteiger charge is -2.15. The first kappa shape index (κ1) is 31.9. The highest BCUT2D eigenvalue weighted by molar-refractivity contribution is 9.10. The van der Waals surface area contributed by atoms with Gasteiger partial charge in [0.1, 0.15) is 0 Å². The zero-order valence-corrected chi connectivity index (χ0v) is 27.7. The Labute approximate surface area is 252 Å². The van der Waals surface area contributed by atoms with E-state index in [2.05, 4.69) is 94.2 Å². The van der Waals surface area contributed by atoms with E-state index in [-0.39, 0.29) is 0 Å². The van der Waals surface area contributed by atoms with Crippen molar-refractivity contribution in [2.45, 2.75) is 153 Å². The molecule has 2 aromatic carbocycles. The van der Waals surface area contributed by atoms with Crippen LogP contribution < -0.4 is 0 Å². The lowest BCUT2D eigenvalue weighted by atomic mass is 9.90. The molecule has 0 unspecified atom stereocenters. The average Bonchev–Trinajstić information content (AvgIpc) is 3.86. The van der Waals surface area contributed by atoms with E-state index in [9.17, 15) is 0 Å². The summed E-state index contributed by atoms with van der Waals surface area (Å²) in [5.41, 5.74) is 4.26. The molecule has 0 nitrogen and oxygen atoms in total. The highest BCUT2D eigenvalue weighted by Crippen LogP contribution is 2.53. The first-order chi connectivity index (χ1) is 18.5. The predicted octanol–water partition coefficient (Wildman–Crippen LogP) is 13.2. The Morgan fingerprint density at radius 1 is 0.447 bits per heavy atom. The highest BCUT2D eigenvalue weighted by atomic mass is 79.9. The lowest BCUT2D eigenvalue weighted by Crippen LogP contribution is -2.06. The van der Waals surface area contributed by atoms with E-state index in [1.165, 1.54) is 137 Å². The fraction of sp³-hybridized carbons (Fsp3) is 0.667. The van der Waals surface area contributed by atoms with Crippen LogP contribution >= 0.6 is 31.9 Å². The molecule has 2 fully saturated rings. The van der Waals surface area contributed by atoms with Gasteiger partial charge in [0.15, 0.2) is 0 Å². The summed E-state index contributed by atoms with van der Waals surface area (Å²) in [6.07, 6.45) is 28.3. The first-order valence-corrected chi connectivity index (χ1v) is 17.6. The van der Waals surface area contributed by atoms with Gasteiger partial charge in [0.2, 0.25) is 0 Å². The number of halogens is 2. The van der Waals surface area contributed by atoms with Crippen LogP contribution in [0.2, 0.25) is 0 Å². The second-order valence-electron chi connectivity index (χ2n) is 12.3. The fourth-order valence-electron chi connectivity index (χ4n) is 6.12. The molecule has 0 aromatic heterocycles. The summed E-state index contributed by atoms with van der Waals surface area (Å²) < 4.78 is 2.39. The van der Waals surface area contributed by atoms with E-state index in [4.69, 9.17) is 0 Å². The zero-order chi connectivity index (χ0) is 27.1. The molecule has 0 N–H and O–H groups in total. The summed E-state index contributed by atoms with van der Waals surface area (Å²) >= 11 is 7.05. The number of rotatable bonds is 18. The number of hydrogen-bond donors (Lipinski definition) is 0. The van der Waals surface area contributed by atoms with E-state index < -0.39 is 0 Å². The summed E-state index contributed by atoms with van der Waals surface area (Å²) in [5.74, 6) is 0. The van der Waals surface area contributed by atoms with Gasteiger partial charge in [-0.05, 0) is 84.7 Å². The van der Waals surface area contributed by atoms with Crippen LogP contribution in [0.1, 0.15) is 153 Å². The van der Waals surface area contributed by atoms with Gasteiger partial charge in [0.05, 0.1) is 0 Å². The van der Waals surface area contributed by atoms with E-state index in [0.29, 0.717) is 10.8 Å². The number of unbranched alkanes of at least 4 members (excludes halogenated alkanes) is 12. The molecule has 2 aliphatic carbocycles. The van der Waals surface area contributed by atoms with Crippen LogP contribution in [0.25, 0.3) is 0 Å². The van der Waals surface area contributed by atoms with Gasteiger partial charge in [0, 0.05) is 8.95 Å². The van der Waals surface area contributed by atoms with Crippen LogP contribution in [-0.2, 0) is 10.8 Å². The molecule has 38 heavy (non-hydrogen) atoms. The normalized spacial score (nSPS) is 16.5. The molecular formula is C36H54Br2. The topological polar surface area (TPSA) is 0 Å². The van der Waals surface area contributed by atoms with E-state index in [1.54, 1.807) is 11.1 Å². The smallest absolute Gasteiger partial charge is 0.0175 e. The SMILES string of the molecule is CCCCCCCCCC1(c2ccc(Br)cc2)CC1.CCCCCCCCCC1(c2ccc(Br)cc2)CC1. The minimum Gasteiger partial charge on any atom is -0.0654 e. The fourth-order valence-corrected chi connectivity index (χ4v) is 6.64. The van der Waals surface area contributed by atoms with Gasteiger partial charge in [-0.25, -0.2) is 0 Å². The largest absolute Gasteiger partial charge is 0.0654 e. The Morgan fingerprint density at radius 3 is 1.03 bits per heavy atom. The number of benzene rings is 2. The molecule has 2 heteroatoms. The molecule has 0 bridgehead atoms. The van der Waals surface area contributed by atoms with Gasteiger partial charge >= 0.3 is 0 Å². The second-order valence-corrected chi connectivity index (χ2v) is 14.1. The predicted molar refractivity (Wildman–Crippen MR) is 175 cm³/mol. The van der Waals surface area contributed by atoms with E-state index >= 15 is 0 Å². The van der Waals surface area contributed by atoms with Crippen molar-refractivity contribution in [2.24, 2.45) is 0 Å². The molecule has 2 aromatic rings. The Hall–Kier alpha value is -0.600. The molecule has 0 saturated heterocycles. The molecule has 2 aliphatic rings. The third-order valence-corrected chi connectivity index (χ3v) is 10.2. The Bertz CT molecular complexity index is 799. The summed E-state index contributed by atoms with van der Waals surface area (Å²) in [6, 6.07) is 18.0. The average molecular weight is 647 g/mol. The Kier molecular flexibility index (Phi) is 14.5. The zero-order valence-electron chi connectivity index (χ0n) is 24.5. The monoisotopic (exact) mass is 644 g/mol. The summed E-state index contributed by atoms with van der Waals surface area (Å²) in [7, 11) is 0. The molecule has 4 rings (SSSR count). The number of hydrogen-bond acceptors (Lipinski definition) is 0. The maximum absolute atomic E-state index is 3.53. The molecule has 212 valence electrons.